The number of nitrogens with zero attached hydrogens (tertiary/aromatic N) is 2. The van der Waals surface area contributed by atoms with E-state index in [0.29, 0.717) is 17.1 Å². The average molecular weight is 308 g/mol. The van der Waals surface area contributed by atoms with Crippen LogP contribution in [0.2, 0.25) is 0 Å². The highest BCUT2D eigenvalue weighted by atomic mass is 32.1. The molecule has 1 amide bonds. The molecule has 0 aliphatic heterocycles. The van der Waals surface area contributed by atoms with Crippen molar-refractivity contribution < 1.29 is 13.9 Å². The van der Waals surface area contributed by atoms with Crippen molar-refractivity contribution in [3.05, 3.63) is 41.3 Å². The van der Waals surface area contributed by atoms with E-state index in [0.717, 1.165) is 6.07 Å². The van der Waals surface area contributed by atoms with Gasteiger partial charge < -0.3 is 15.8 Å². The first kappa shape index (κ1) is 14.9. The standard InChI is InChI=1S/C13H13FN4O2S/c1-18-12(9(6-16-18)11(15)21)17-13(19)8-4-3-7(20-2)5-10(8)14/h3-6H,1-2H3,(H2,15,21)(H,17,19). The third kappa shape index (κ3) is 3.00. The number of nitrogens with one attached hydrogen (secondary N) is 1. The molecule has 0 aliphatic rings. The van der Waals surface area contributed by atoms with Crippen LogP contribution in [0, 0.1) is 5.82 Å². The topological polar surface area (TPSA) is 82.2 Å². The highest BCUT2D eigenvalue weighted by molar-refractivity contribution is 7.80. The summed E-state index contributed by atoms with van der Waals surface area (Å²) in [6.45, 7) is 0. The van der Waals surface area contributed by atoms with Crippen molar-refractivity contribution in [3.8, 4) is 5.75 Å². The predicted octanol–water partition coefficient (Wildman–Crippen LogP) is 1.45. The van der Waals surface area contributed by atoms with Gasteiger partial charge in [0.15, 0.2) is 0 Å². The molecule has 1 aromatic carbocycles. The zero-order valence-electron chi connectivity index (χ0n) is 11.4. The molecule has 2 rings (SSSR count). The molecule has 0 bridgehead atoms. The number of aromatic nitrogens is 2. The highest BCUT2D eigenvalue weighted by Crippen LogP contribution is 2.19. The summed E-state index contributed by atoms with van der Waals surface area (Å²) in [5.41, 5.74) is 5.84. The van der Waals surface area contributed by atoms with E-state index in [2.05, 4.69) is 10.4 Å². The number of carbonyl (C=O) groups is 1. The van der Waals surface area contributed by atoms with E-state index >= 15 is 0 Å². The SMILES string of the molecule is COc1ccc(C(=O)Nc2c(C(N)=S)cnn2C)c(F)c1. The maximum Gasteiger partial charge on any atom is 0.259 e. The molecule has 0 atom stereocenters. The quantitative estimate of drug-likeness (QED) is 0.836. The Labute approximate surface area is 125 Å². The molecule has 0 radical (unpaired) electrons. The average Bonchev–Trinajstić information content (AvgIpc) is 2.80. The Bertz CT molecular complexity index is 714. The maximum absolute atomic E-state index is 13.9. The smallest absolute Gasteiger partial charge is 0.259 e. The molecule has 1 aromatic heterocycles. The Morgan fingerprint density at radius 3 is 2.76 bits per heavy atom. The molecular formula is C13H13FN4O2S. The van der Waals surface area contributed by atoms with Gasteiger partial charge in [-0.25, -0.2) is 4.39 Å². The fourth-order valence-corrected chi connectivity index (χ4v) is 1.90. The number of nitrogens with two attached hydrogens (primary N) is 1. The minimum atomic E-state index is -0.689. The first-order valence-corrected chi connectivity index (χ1v) is 6.31. The van der Waals surface area contributed by atoms with Crippen LogP contribution in [0.15, 0.2) is 24.4 Å². The van der Waals surface area contributed by atoms with Gasteiger partial charge >= 0.3 is 0 Å². The number of aryl methyl sites for hydroxylation is 1. The second-order valence-electron chi connectivity index (χ2n) is 4.19. The third-order valence-corrected chi connectivity index (χ3v) is 3.08. The van der Waals surface area contributed by atoms with Gasteiger partial charge in [-0.15, -0.1) is 0 Å². The molecule has 0 aliphatic carbocycles. The fourth-order valence-electron chi connectivity index (χ4n) is 1.75. The maximum atomic E-state index is 13.9. The fraction of sp³-hybridized carbons (Fsp3) is 0.154. The Hall–Kier alpha value is -2.48. The van der Waals surface area contributed by atoms with E-state index in [9.17, 15) is 9.18 Å². The minimum Gasteiger partial charge on any atom is -0.497 e. The van der Waals surface area contributed by atoms with Crippen LogP contribution in [-0.4, -0.2) is 27.8 Å². The van der Waals surface area contributed by atoms with Gasteiger partial charge in [0.05, 0.1) is 24.4 Å². The molecule has 2 aromatic rings. The van der Waals surface area contributed by atoms with Crippen molar-refractivity contribution >= 4 is 28.9 Å². The van der Waals surface area contributed by atoms with Crippen molar-refractivity contribution in [2.75, 3.05) is 12.4 Å². The largest absolute Gasteiger partial charge is 0.497 e. The zero-order valence-corrected chi connectivity index (χ0v) is 12.2. The number of ether oxygens (including phenoxy) is 1. The monoisotopic (exact) mass is 308 g/mol. The van der Waals surface area contributed by atoms with Crippen LogP contribution in [0.25, 0.3) is 0 Å². The first-order chi connectivity index (χ1) is 9.93. The van der Waals surface area contributed by atoms with E-state index in [1.165, 1.54) is 30.1 Å². The summed E-state index contributed by atoms with van der Waals surface area (Å²) in [5, 5.41) is 6.50. The summed E-state index contributed by atoms with van der Waals surface area (Å²) in [7, 11) is 3.03. The molecule has 110 valence electrons. The second-order valence-corrected chi connectivity index (χ2v) is 4.63. The minimum absolute atomic E-state index is 0.0913. The number of benzene rings is 1. The molecule has 0 saturated heterocycles. The Morgan fingerprint density at radius 2 is 2.19 bits per heavy atom. The predicted molar refractivity (Wildman–Crippen MR) is 80.0 cm³/mol. The molecule has 3 N–H and O–H groups in total. The molecular weight excluding hydrogens is 295 g/mol. The van der Waals surface area contributed by atoms with Crippen molar-refractivity contribution in [2.45, 2.75) is 0 Å². The van der Waals surface area contributed by atoms with E-state index < -0.39 is 11.7 Å². The number of methoxy groups -OCH3 is 1. The number of thiocarbonyl (C=S) groups is 1. The van der Waals surface area contributed by atoms with Gasteiger partial charge in [-0.05, 0) is 12.1 Å². The molecule has 6 nitrogen and oxygen atoms in total. The summed E-state index contributed by atoms with van der Waals surface area (Å²) in [5.74, 6) is -0.682. The highest BCUT2D eigenvalue weighted by Gasteiger charge is 2.17. The number of hydrogen-bond acceptors (Lipinski definition) is 4. The Kier molecular flexibility index (Phi) is 4.18. The van der Waals surface area contributed by atoms with Crippen LogP contribution < -0.4 is 15.8 Å². The number of hydrogen-bond donors (Lipinski definition) is 2. The van der Waals surface area contributed by atoms with Gasteiger partial charge in [0.25, 0.3) is 5.91 Å². The van der Waals surface area contributed by atoms with Crippen LogP contribution in [0.3, 0.4) is 0 Å². The Morgan fingerprint density at radius 1 is 1.48 bits per heavy atom. The lowest BCUT2D eigenvalue weighted by atomic mass is 10.2. The summed E-state index contributed by atoms with van der Waals surface area (Å²) in [6, 6.07) is 3.96. The summed E-state index contributed by atoms with van der Waals surface area (Å²) >= 11 is 4.87. The van der Waals surface area contributed by atoms with Gasteiger partial charge in [0.1, 0.15) is 22.4 Å². The van der Waals surface area contributed by atoms with Crippen LogP contribution in [-0.2, 0) is 7.05 Å². The number of rotatable bonds is 4. The van der Waals surface area contributed by atoms with Crippen LogP contribution in [0.4, 0.5) is 10.2 Å². The summed E-state index contributed by atoms with van der Waals surface area (Å²) in [4.78, 5) is 12.2. The van der Waals surface area contributed by atoms with Crippen molar-refractivity contribution in [1.29, 1.82) is 0 Å². The number of carbonyl (C=O) groups excluding carboxylic acids is 1. The van der Waals surface area contributed by atoms with Gasteiger partial charge in [0, 0.05) is 13.1 Å². The summed E-state index contributed by atoms with van der Waals surface area (Å²) < 4.78 is 20.1. The van der Waals surface area contributed by atoms with Crippen LogP contribution in [0.5, 0.6) is 5.75 Å². The lowest BCUT2D eigenvalue weighted by Crippen LogP contribution is -2.19. The molecule has 1 heterocycles. The lowest BCUT2D eigenvalue weighted by Gasteiger charge is -2.09. The Balaban J connectivity index is 2.30. The number of anilines is 1. The summed E-state index contributed by atoms with van der Waals surface area (Å²) in [6.07, 6.45) is 1.43. The molecule has 0 unspecified atom stereocenters. The number of halogens is 1. The van der Waals surface area contributed by atoms with Gasteiger partial charge in [-0.2, -0.15) is 5.10 Å². The van der Waals surface area contributed by atoms with E-state index in [-0.39, 0.29) is 10.6 Å². The van der Waals surface area contributed by atoms with Gasteiger partial charge in [0.2, 0.25) is 0 Å². The zero-order chi connectivity index (χ0) is 15.6. The van der Waals surface area contributed by atoms with Crippen molar-refractivity contribution in [2.24, 2.45) is 12.8 Å². The van der Waals surface area contributed by atoms with E-state index in [1.54, 1.807) is 7.05 Å². The molecule has 0 saturated carbocycles. The number of amides is 1. The van der Waals surface area contributed by atoms with Gasteiger partial charge in [-0.3, -0.25) is 9.48 Å². The van der Waals surface area contributed by atoms with Crippen LogP contribution >= 0.6 is 12.2 Å². The second kappa shape index (κ2) is 5.88. The molecule has 0 spiro atoms. The van der Waals surface area contributed by atoms with Crippen molar-refractivity contribution in [3.63, 3.8) is 0 Å². The van der Waals surface area contributed by atoms with Crippen LogP contribution in [0.1, 0.15) is 15.9 Å². The van der Waals surface area contributed by atoms with E-state index in [4.69, 9.17) is 22.7 Å². The molecule has 21 heavy (non-hydrogen) atoms. The lowest BCUT2D eigenvalue weighted by molar-refractivity contribution is 0.102. The third-order valence-electron chi connectivity index (χ3n) is 2.86. The molecule has 8 heteroatoms. The van der Waals surface area contributed by atoms with Gasteiger partial charge in [-0.1, -0.05) is 12.2 Å². The molecule has 0 fully saturated rings. The van der Waals surface area contributed by atoms with Crippen molar-refractivity contribution in [1.82, 2.24) is 9.78 Å². The normalized spacial score (nSPS) is 10.2. The van der Waals surface area contributed by atoms with E-state index in [1.807, 2.05) is 0 Å². The first-order valence-electron chi connectivity index (χ1n) is 5.90.